The van der Waals surface area contributed by atoms with Crippen molar-refractivity contribution in [2.24, 2.45) is 4.99 Å². The molecule has 1 aromatic rings. The molecule has 0 aromatic heterocycles. The number of thioether (sulfide) groups is 1. The molecule has 0 unspecified atom stereocenters. The van der Waals surface area contributed by atoms with Crippen LogP contribution in [0.25, 0.3) is 0 Å². The van der Waals surface area contributed by atoms with Crippen molar-refractivity contribution in [3.05, 3.63) is 23.8 Å². The molecule has 2 N–H and O–H groups in total. The van der Waals surface area contributed by atoms with Crippen LogP contribution >= 0.6 is 35.7 Å². The van der Waals surface area contributed by atoms with Gasteiger partial charge in [0.05, 0.1) is 27.3 Å². The molecular formula is C17H29IN4O3S. The van der Waals surface area contributed by atoms with Gasteiger partial charge in [0.2, 0.25) is 5.91 Å². The summed E-state index contributed by atoms with van der Waals surface area (Å²) in [4.78, 5) is 17.8. The number of benzene rings is 1. The van der Waals surface area contributed by atoms with E-state index in [1.807, 2.05) is 24.5 Å². The Kier molecular flexibility index (Phi) is 13.1. The number of carbonyl (C=O) groups is 1. The van der Waals surface area contributed by atoms with Crippen molar-refractivity contribution < 1.29 is 14.3 Å². The van der Waals surface area contributed by atoms with Gasteiger partial charge in [-0.15, -0.1) is 24.0 Å². The van der Waals surface area contributed by atoms with E-state index in [4.69, 9.17) is 9.47 Å². The highest BCUT2D eigenvalue weighted by Gasteiger charge is 2.07. The maximum Gasteiger partial charge on any atom is 0.241 e. The lowest BCUT2D eigenvalue weighted by atomic mass is 10.2. The Balaban J connectivity index is 0.00000625. The second-order valence-corrected chi connectivity index (χ2v) is 6.40. The second kappa shape index (κ2) is 13.8. The number of hydrogen-bond donors (Lipinski definition) is 2. The van der Waals surface area contributed by atoms with Crippen molar-refractivity contribution in [3.63, 3.8) is 0 Å². The molecule has 0 atom stereocenters. The Morgan fingerprint density at radius 2 is 1.88 bits per heavy atom. The third-order valence-corrected chi connectivity index (χ3v) is 3.98. The van der Waals surface area contributed by atoms with Crippen LogP contribution in [0.3, 0.4) is 0 Å². The van der Waals surface area contributed by atoms with E-state index in [0.717, 1.165) is 17.9 Å². The van der Waals surface area contributed by atoms with E-state index in [2.05, 4.69) is 15.6 Å². The van der Waals surface area contributed by atoms with Gasteiger partial charge in [-0.3, -0.25) is 4.79 Å². The summed E-state index contributed by atoms with van der Waals surface area (Å²) in [6.45, 7) is 1.43. The molecule has 0 aliphatic carbocycles. The first-order valence-corrected chi connectivity index (χ1v) is 9.33. The molecule has 0 saturated carbocycles. The van der Waals surface area contributed by atoms with Crippen LogP contribution in [0.2, 0.25) is 0 Å². The SMILES string of the molecule is COc1ccc(CN=C(NCCSC)NCC(=O)N(C)C)cc1OC.I. The quantitative estimate of drug-likeness (QED) is 0.235. The van der Waals surface area contributed by atoms with Crippen LogP contribution in [0.1, 0.15) is 5.56 Å². The summed E-state index contributed by atoms with van der Waals surface area (Å²) in [6, 6.07) is 5.69. The summed E-state index contributed by atoms with van der Waals surface area (Å²) < 4.78 is 10.6. The van der Waals surface area contributed by atoms with Gasteiger partial charge < -0.3 is 25.0 Å². The van der Waals surface area contributed by atoms with Crippen LogP contribution < -0.4 is 20.1 Å². The lowest BCUT2D eigenvalue weighted by Crippen LogP contribution is -2.43. The lowest BCUT2D eigenvalue weighted by Gasteiger charge is -2.15. The number of likely N-dealkylation sites (N-methyl/N-ethyl adjacent to an activating group) is 1. The van der Waals surface area contributed by atoms with Gasteiger partial charge in [0.1, 0.15) is 0 Å². The first-order valence-electron chi connectivity index (χ1n) is 7.94. The molecule has 9 heteroatoms. The molecule has 0 aliphatic rings. The van der Waals surface area contributed by atoms with Gasteiger partial charge in [-0.25, -0.2) is 4.99 Å². The average Bonchev–Trinajstić information content (AvgIpc) is 2.62. The van der Waals surface area contributed by atoms with Crippen LogP contribution in [0.4, 0.5) is 0 Å². The molecule has 1 amide bonds. The fraction of sp³-hybridized carbons (Fsp3) is 0.529. The molecule has 0 saturated heterocycles. The number of aliphatic imine (C=N–C) groups is 1. The number of methoxy groups -OCH3 is 2. The molecule has 0 spiro atoms. The molecule has 0 bridgehead atoms. The summed E-state index contributed by atoms with van der Waals surface area (Å²) in [5.41, 5.74) is 0.988. The van der Waals surface area contributed by atoms with Crippen molar-refractivity contribution in [3.8, 4) is 11.5 Å². The standard InChI is InChI=1S/C17H28N4O3S.HI/c1-21(2)16(22)12-20-17(18-8-9-25-5)19-11-13-6-7-14(23-3)15(10-13)24-4;/h6-7,10H,8-9,11-12H2,1-5H3,(H2,18,19,20);1H. The van der Waals surface area contributed by atoms with Crippen LogP contribution in [-0.2, 0) is 11.3 Å². The molecule has 0 fully saturated rings. The average molecular weight is 496 g/mol. The first kappa shape index (κ1) is 24.6. The second-order valence-electron chi connectivity index (χ2n) is 5.42. The molecular weight excluding hydrogens is 467 g/mol. The Labute approximate surface area is 177 Å². The van der Waals surface area contributed by atoms with Crippen LogP contribution in [0.5, 0.6) is 11.5 Å². The summed E-state index contributed by atoms with van der Waals surface area (Å²) in [5.74, 6) is 2.91. The van der Waals surface area contributed by atoms with Gasteiger partial charge in [-0.05, 0) is 24.0 Å². The van der Waals surface area contributed by atoms with E-state index < -0.39 is 0 Å². The molecule has 148 valence electrons. The van der Waals surface area contributed by atoms with Gasteiger partial charge in [0.25, 0.3) is 0 Å². The largest absolute Gasteiger partial charge is 0.493 e. The summed E-state index contributed by atoms with van der Waals surface area (Å²) >= 11 is 1.75. The number of carbonyl (C=O) groups excluding carboxylic acids is 1. The minimum atomic E-state index is -0.00881. The normalized spacial score (nSPS) is 10.6. The number of nitrogens with one attached hydrogen (secondary N) is 2. The predicted molar refractivity (Wildman–Crippen MR) is 119 cm³/mol. The van der Waals surface area contributed by atoms with Crippen molar-refractivity contribution in [1.82, 2.24) is 15.5 Å². The summed E-state index contributed by atoms with van der Waals surface area (Å²) in [5, 5.41) is 6.29. The minimum Gasteiger partial charge on any atom is -0.493 e. The minimum absolute atomic E-state index is 0. The van der Waals surface area contributed by atoms with Crippen molar-refractivity contribution in [2.45, 2.75) is 6.54 Å². The molecule has 0 heterocycles. The molecule has 26 heavy (non-hydrogen) atoms. The van der Waals surface area contributed by atoms with Gasteiger partial charge in [-0.1, -0.05) is 6.07 Å². The predicted octanol–water partition coefficient (Wildman–Crippen LogP) is 1.81. The molecule has 7 nitrogen and oxygen atoms in total. The van der Waals surface area contributed by atoms with E-state index >= 15 is 0 Å². The fourth-order valence-corrected chi connectivity index (χ4v) is 2.22. The third kappa shape index (κ3) is 8.84. The number of rotatable bonds is 9. The van der Waals surface area contributed by atoms with E-state index in [1.54, 1.807) is 45.0 Å². The number of halogens is 1. The highest BCUT2D eigenvalue weighted by molar-refractivity contribution is 14.0. The van der Waals surface area contributed by atoms with Crippen LogP contribution in [-0.4, -0.2) is 70.2 Å². The number of ether oxygens (including phenoxy) is 2. The maximum atomic E-state index is 11.8. The number of hydrogen-bond acceptors (Lipinski definition) is 5. The Bertz CT molecular complexity index is 585. The van der Waals surface area contributed by atoms with Crippen LogP contribution in [0, 0.1) is 0 Å². The molecule has 1 aromatic carbocycles. The highest BCUT2D eigenvalue weighted by atomic mass is 127. The Morgan fingerprint density at radius 3 is 2.46 bits per heavy atom. The van der Waals surface area contributed by atoms with E-state index in [9.17, 15) is 4.79 Å². The topological polar surface area (TPSA) is 75.2 Å². The molecule has 0 radical (unpaired) electrons. The van der Waals surface area contributed by atoms with Crippen LogP contribution in [0.15, 0.2) is 23.2 Å². The smallest absolute Gasteiger partial charge is 0.241 e. The number of amides is 1. The Hall–Kier alpha value is -1.36. The van der Waals surface area contributed by atoms with Gasteiger partial charge in [0.15, 0.2) is 17.5 Å². The molecule has 1 rings (SSSR count). The first-order chi connectivity index (χ1) is 12.0. The summed E-state index contributed by atoms with van der Waals surface area (Å²) in [7, 11) is 6.67. The van der Waals surface area contributed by atoms with Gasteiger partial charge in [0, 0.05) is 26.4 Å². The van der Waals surface area contributed by atoms with E-state index in [0.29, 0.717) is 24.0 Å². The van der Waals surface area contributed by atoms with E-state index in [-0.39, 0.29) is 36.4 Å². The van der Waals surface area contributed by atoms with Crippen molar-refractivity contribution >= 4 is 47.6 Å². The maximum absolute atomic E-state index is 11.8. The number of nitrogens with zero attached hydrogens (tertiary/aromatic N) is 2. The zero-order valence-electron chi connectivity index (χ0n) is 16.0. The van der Waals surface area contributed by atoms with Gasteiger partial charge in [-0.2, -0.15) is 11.8 Å². The summed E-state index contributed by atoms with van der Waals surface area (Å²) in [6.07, 6.45) is 2.05. The van der Waals surface area contributed by atoms with Crippen molar-refractivity contribution in [2.75, 3.05) is 53.4 Å². The lowest BCUT2D eigenvalue weighted by molar-refractivity contribution is -0.127. The van der Waals surface area contributed by atoms with Gasteiger partial charge >= 0.3 is 0 Å². The third-order valence-electron chi connectivity index (χ3n) is 3.37. The zero-order chi connectivity index (χ0) is 18.7. The monoisotopic (exact) mass is 496 g/mol. The zero-order valence-corrected chi connectivity index (χ0v) is 19.1. The highest BCUT2D eigenvalue weighted by Crippen LogP contribution is 2.27. The number of guanidine groups is 1. The van der Waals surface area contributed by atoms with Crippen molar-refractivity contribution in [1.29, 1.82) is 0 Å². The Morgan fingerprint density at radius 1 is 1.19 bits per heavy atom. The fourth-order valence-electron chi connectivity index (χ4n) is 1.91. The molecule has 0 aliphatic heterocycles. The van der Waals surface area contributed by atoms with E-state index in [1.165, 1.54) is 0 Å².